The van der Waals surface area contributed by atoms with Gasteiger partial charge in [0.1, 0.15) is 5.75 Å². The number of likely N-dealkylation sites (N-methyl/N-ethyl adjacent to an activating group) is 1. The van der Waals surface area contributed by atoms with Gasteiger partial charge in [-0.3, -0.25) is 14.4 Å². The molecular formula is C20H19ClN4O4. The molecule has 0 fully saturated rings. The lowest BCUT2D eigenvalue weighted by atomic mass is 10.1. The first-order chi connectivity index (χ1) is 13.8. The average molecular weight is 415 g/mol. The van der Waals surface area contributed by atoms with Crippen molar-refractivity contribution in [2.24, 2.45) is 7.05 Å². The molecule has 0 aliphatic heterocycles. The van der Waals surface area contributed by atoms with Gasteiger partial charge in [0.25, 0.3) is 11.5 Å². The second kappa shape index (κ2) is 8.32. The van der Waals surface area contributed by atoms with Gasteiger partial charge in [0.05, 0.1) is 24.7 Å². The van der Waals surface area contributed by atoms with Crippen molar-refractivity contribution in [3.8, 4) is 5.75 Å². The summed E-state index contributed by atoms with van der Waals surface area (Å²) in [7, 11) is 4.44. The second-order valence-corrected chi connectivity index (χ2v) is 6.81. The third kappa shape index (κ3) is 4.22. The number of halogens is 1. The van der Waals surface area contributed by atoms with Gasteiger partial charge in [0.15, 0.2) is 5.69 Å². The molecule has 0 radical (unpaired) electrons. The molecule has 150 valence electrons. The molecule has 0 spiro atoms. The molecule has 9 heteroatoms. The van der Waals surface area contributed by atoms with Crippen LogP contribution in [-0.2, 0) is 11.8 Å². The lowest BCUT2D eigenvalue weighted by Crippen LogP contribution is -2.36. The van der Waals surface area contributed by atoms with E-state index in [4.69, 9.17) is 16.3 Å². The largest absolute Gasteiger partial charge is 0.495 e. The summed E-state index contributed by atoms with van der Waals surface area (Å²) in [6.07, 6.45) is 0. The number of nitrogens with one attached hydrogen (secondary N) is 1. The number of nitrogens with zero attached hydrogens (tertiary/aromatic N) is 3. The van der Waals surface area contributed by atoms with Crippen LogP contribution in [0.5, 0.6) is 5.75 Å². The molecular weight excluding hydrogens is 396 g/mol. The summed E-state index contributed by atoms with van der Waals surface area (Å²) in [6, 6.07) is 11.6. The number of amides is 2. The topological polar surface area (TPSA) is 93.5 Å². The summed E-state index contributed by atoms with van der Waals surface area (Å²) in [4.78, 5) is 38.8. The van der Waals surface area contributed by atoms with Crippen molar-refractivity contribution >= 4 is 39.9 Å². The highest BCUT2D eigenvalue weighted by atomic mass is 35.5. The maximum absolute atomic E-state index is 12.9. The Hall–Kier alpha value is -3.39. The number of carbonyl (C=O) groups is 2. The fourth-order valence-electron chi connectivity index (χ4n) is 2.89. The number of carbonyl (C=O) groups excluding carboxylic acids is 2. The normalized spacial score (nSPS) is 10.6. The molecule has 0 bridgehead atoms. The Morgan fingerprint density at radius 3 is 2.59 bits per heavy atom. The lowest BCUT2D eigenvalue weighted by Gasteiger charge is -2.18. The third-order valence-electron chi connectivity index (χ3n) is 4.32. The first kappa shape index (κ1) is 20.3. The smallest absolute Gasteiger partial charge is 0.275 e. The van der Waals surface area contributed by atoms with Gasteiger partial charge >= 0.3 is 0 Å². The number of benzene rings is 2. The lowest BCUT2D eigenvalue weighted by molar-refractivity contribution is -0.116. The first-order valence-corrected chi connectivity index (χ1v) is 9.04. The van der Waals surface area contributed by atoms with Gasteiger partial charge in [0.2, 0.25) is 5.91 Å². The van der Waals surface area contributed by atoms with Gasteiger partial charge in [-0.05, 0) is 24.3 Å². The van der Waals surface area contributed by atoms with Gasteiger partial charge in [-0.1, -0.05) is 29.8 Å². The van der Waals surface area contributed by atoms with E-state index in [9.17, 15) is 14.4 Å². The molecule has 0 unspecified atom stereocenters. The quantitative estimate of drug-likeness (QED) is 0.691. The van der Waals surface area contributed by atoms with Crippen molar-refractivity contribution < 1.29 is 14.3 Å². The standard InChI is InChI=1S/C20H19ClN4O4/c1-24(11-17(26)22-15-10-12(21)8-9-16(15)29-3)20(28)18-13-6-4-5-7-14(13)19(27)25(2)23-18/h4-10H,11H2,1-3H3,(H,22,26). The predicted molar refractivity (Wildman–Crippen MR) is 111 cm³/mol. The zero-order valence-electron chi connectivity index (χ0n) is 16.1. The van der Waals surface area contributed by atoms with Crippen LogP contribution in [0.1, 0.15) is 10.5 Å². The maximum atomic E-state index is 12.9. The maximum Gasteiger partial charge on any atom is 0.275 e. The number of aromatic nitrogens is 2. The van der Waals surface area contributed by atoms with Crippen molar-refractivity contribution in [1.82, 2.24) is 14.7 Å². The number of ether oxygens (including phenoxy) is 1. The van der Waals surface area contributed by atoms with Crippen LogP contribution >= 0.6 is 11.6 Å². The monoisotopic (exact) mass is 414 g/mol. The number of hydrogen-bond donors (Lipinski definition) is 1. The molecule has 2 aromatic carbocycles. The SMILES string of the molecule is COc1ccc(Cl)cc1NC(=O)CN(C)C(=O)c1nn(C)c(=O)c2ccccc12. The van der Waals surface area contributed by atoms with Gasteiger partial charge in [-0.15, -0.1) is 0 Å². The van der Waals surface area contributed by atoms with Crippen LogP contribution in [0, 0.1) is 0 Å². The summed E-state index contributed by atoms with van der Waals surface area (Å²) < 4.78 is 6.31. The molecule has 0 atom stereocenters. The van der Waals surface area contributed by atoms with Crippen LogP contribution < -0.4 is 15.6 Å². The Kier molecular flexibility index (Phi) is 5.84. The minimum atomic E-state index is -0.481. The number of anilines is 1. The number of fused-ring (bicyclic) bond motifs is 1. The number of aryl methyl sites for hydroxylation is 1. The molecule has 0 saturated heterocycles. The zero-order chi connectivity index (χ0) is 21.1. The van der Waals surface area contributed by atoms with E-state index in [-0.39, 0.29) is 17.8 Å². The molecule has 29 heavy (non-hydrogen) atoms. The van der Waals surface area contributed by atoms with Crippen LogP contribution in [0.15, 0.2) is 47.3 Å². The van der Waals surface area contributed by atoms with Crippen LogP contribution in [-0.4, -0.2) is 47.2 Å². The predicted octanol–water partition coefficient (Wildman–Crippen LogP) is 2.31. The highest BCUT2D eigenvalue weighted by molar-refractivity contribution is 6.31. The second-order valence-electron chi connectivity index (χ2n) is 6.38. The van der Waals surface area contributed by atoms with Crippen molar-refractivity contribution in [3.63, 3.8) is 0 Å². The van der Waals surface area contributed by atoms with Crippen molar-refractivity contribution in [2.45, 2.75) is 0 Å². The summed E-state index contributed by atoms with van der Waals surface area (Å²) in [5.41, 5.74) is 0.195. The molecule has 1 heterocycles. The summed E-state index contributed by atoms with van der Waals surface area (Å²) >= 11 is 5.97. The van der Waals surface area contributed by atoms with Crippen LogP contribution in [0.4, 0.5) is 5.69 Å². The van der Waals surface area contributed by atoms with Gasteiger partial charge in [-0.2, -0.15) is 5.10 Å². The number of methoxy groups -OCH3 is 1. The number of hydrogen-bond acceptors (Lipinski definition) is 5. The average Bonchev–Trinajstić information content (AvgIpc) is 2.70. The Bertz CT molecular complexity index is 1160. The Labute approximate surface area is 171 Å². The molecule has 1 aromatic heterocycles. The van der Waals surface area contributed by atoms with E-state index in [0.29, 0.717) is 27.2 Å². The fraction of sp³-hybridized carbons (Fsp3) is 0.200. The van der Waals surface area contributed by atoms with E-state index < -0.39 is 11.8 Å². The number of rotatable bonds is 5. The highest BCUT2D eigenvalue weighted by Crippen LogP contribution is 2.27. The fourth-order valence-corrected chi connectivity index (χ4v) is 3.07. The summed E-state index contributed by atoms with van der Waals surface area (Å²) in [6.45, 7) is -0.229. The molecule has 3 aromatic rings. The van der Waals surface area contributed by atoms with Crippen LogP contribution in [0.3, 0.4) is 0 Å². The summed E-state index contributed by atoms with van der Waals surface area (Å²) in [5.74, 6) is -0.469. The van der Waals surface area contributed by atoms with E-state index in [1.54, 1.807) is 42.5 Å². The van der Waals surface area contributed by atoms with Crippen molar-refractivity contribution in [2.75, 3.05) is 26.0 Å². The molecule has 0 aliphatic rings. The van der Waals surface area contributed by atoms with Crippen LogP contribution in [0.2, 0.25) is 5.02 Å². The van der Waals surface area contributed by atoms with E-state index >= 15 is 0 Å². The molecule has 8 nitrogen and oxygen atoms in total. The summed E-state index contributed by atoms with van der Waals surface area (Å²) in [5, 5.41) is 8.03. The Balaban J connectivity index is 1.82. The van der Waals surface area contributed by atoms with Crippen molar-refractivity contribution in [1.29, 1.82) is 0 Å². The van der Waals surface area contributed by atoms with E-state index in [2.05, 4.69) is 10.4 Å². The minimum Gasteiger partial charge on any atom is -0.495 e. The van der Waals surface area contributed by atoms with Gasteiger partial charge < -0.3 is 15.0 Å². The third-order valence-corrected chi connectivity index (χ3v) is 4.56. The Morgan fingerprint density at radius 2 is 1.90 bits per heavy atom. The minimum absolute atomic E-state index is 0.0957. The van der Waals surface area contributed by atoms with Gasteiger partial charge in [0, 0.05) is 24.5 Å². The molecule has 2 amide bonds. The molecule has 0 aliphatic carbocycles. The zero-order valence-corrected chi connectivity index (χ0v) is 16.9. The van der Waals surface area contributed by atoms with Gasteiger partial charge in [-0.25, -0.2) is 4.68 Å². The van der Waals surface area contributed by atoms with Crippen LogP contribution in [0.25, 0.3) is 10.8 Å². The van der Waals surface area contributed by atoms with E-state index in [0.717, 1.165) is 4.68 Å². The highest BCUT2D eigenvalue weighted by Gasteiger charge is 2.21. The van der Waals surface area contributed by atoms with E-state index in [1.165, 1.54) is 26.1 Å². The first-order valence-electron chi connectivity index (χ1n) is 8.66. The molecule has 1 N–H and O–H groups in total. The molecule has 3 rings (SSSR count). The molecule has 0 saturated carbocycles. The van der Waals surface area contributed by atoms with E-state index in [1.807, 2.05) is 0 Å². The van der Waals surface area contributed by atoms with Crippen molar-refractivity contribution in [3.05, 3.63) is 63.5 Å². The Morgan fingerprint density at radius 1 is 1.21 bits per heavy atom.